The first kappa shape index (κ1) is 22.3. The van der Waals surface area contributed by atoms with Crippen molar-refractivity contribution in [2.75, 3.05) is 14.1 Å². The number of nitrogens with zero attached hydrogens (tertiary/aromatic N) is 5. The lowest BCUT2D eigenvalue weighted by molar-refractivity contribution is 0.188. The Morgan fingerprint density at radius 1 is 1.16 bits per heavy atom. The van der Waals surface area contributed by atoms with Crippen LogP contribution in [-0.2, 0) is 23.2 Å². The predicted molar refractivity (Wildman–Crippen MR) is 120 cm³/mol. The van der Waals surface area contributed by atoms with Crippen LogP contribution in [0.2, 0.25) is 5.02 Å². The number of hydrogen-bond acceptors (Lipinski definition) is 7. The van der Waals surface area contributed by atoms with Gasteiger partial charge in [0.05, 0.1) is 21.0 Å². The SMILES string of the molecule is CCCn1c(COc2nc(-c3ccccc3Cl)no2)nc2cc(S(=O)(=O)N(C)C)ccc21. The summed E-state index contributed by atoms with van der Waals surface area (Å²) >= 11 is 6.18. The molecule has 4 rings (SSSR count). The Labute approximate surface area is 190 Å². The van der Waals surface area contributed by atoms with Crippen molar-refractivity contribution in [2.45, 2.75) is 31.4 Å². The molecule has 0 saturated heterocycles. The minimum atomic E-state index is -3.56. The van der Waals surface area contributed by atoms with E-state index < -0.39 is 10.0 Å². The molecule has 2 aromatic carbocycles. The second-order valence-corrected chi connectivity index (χ2v) is 9.83. The van der Waals surface area contributed by atoms with Crippen molar-refractivity contribution in [3.8, 4) is 17.5 Å². The first-order valence-electron chi connectivity index (χ1n) is 9.94. The van der Waals surface area contributed by atoms with Crippen molar-refractivity contribution >= 4 is 32.7 Å². The van der Waals surface area contributed by atoms with Crippen molar-refractivity contribution < 1.29 is 17.7 Å². The third kappa shape index (κ3) is 4.21. The standard InChI is InChI=1S/C21H22ClN5O4S/c1-4-11-27-18-10-9-14(32(28,29)26(2)3)12-17(18)23-19(27)13-30-21-24-20(25-31-21)15-7-5-6-8-16(15)22/h5-10,12H,4,11,13H2,1-3H3. The predicted octanol–water partition coefficient (Wildman–Crippen LogP) is 3.98. The Morgan fingerprint density at radius 3 is 2.66 bits per heavy atom. The quantitative estimate of drug-likeness (QED) is 0.379. The fourth-order valence-corrected chi connectivity index (χ4v) is 4.40. The van der Waals surface area contributed by atoms with E-state index in [2.05, 4.69) is 22.0 Å². The van der Waals surface area contributed by atoms with Crippen molar-refractivity contribution in [1.29, 1.82) is 0 Å². The summed E-state index contributed by atoms with van der Waals surface area (Å²) in [6.07, 6.45) is 0.860. The molecule has 0 N–H and O–H groups in total. The lowest BCUT2D eigenvalue weighted by atomic mass is 10.2. The average molecular weight is 476 g/mol. The van der Waals surface area contributed by atoms with Crippen LogP contribution in [0.1, 0.15) is 19.2 Å². The third-order valence-electron chi connectivity index (χ3n) is 4.87. The van der Waals surface area contributed by atoms with E-state index in [0.29, 0.717) is 34.3 Å². The monoisotopic (exact) mass is 475 g/mol. The summed E-state index contributed by atoms with van der Waals surface area (Å²) in [7, 11) is -0.566. The van der Waals surface area contributed by atoms with Gasteiger partial charge >= 0.3 is 6.08 Å². The summed E-state index contributed by atoms with van der Waals surface area (Å²) in [5.41, 5.74) is 2.04. The zero-order valence-electron chi connectivity index (χ0n) is 17.8. The molecule has 4 aromatic rings. The molecule has 0 atom stereocenters. The largest absolute Gasteiger partial charge is 0.441 e. The van der Waals surface area contributed by atoms with Gasteiger partial charge in [-0.3, -0.25) is 4.52 Å². The molecule has 0 saturated carbocycles. The van der Waals surface area contributed by atoms with E-state index in [1.54, 1.807) is 30.3 Å². The Hall–Kier alpha value is -2.95. The van der Waals surface area contributed by atoms with E-state index in [-0.39, 0.29) is 17.6 Å². The minimum Gasteiger partial charge on any atom is -0.441 e. The van der Waals surface area contributed by atoms with Gasteiger partial charge < -0.3 is 9.30 Å². The van der Waals surface area contributed by atoms with E-state index in [1.807, 2.05) is 16.7 Å². The van der Waals surface area contributed by atoms with Crippen LogP contribution in [0.5, 0.6) is 6.08 Å². The van der Waals surface area contributed by atoms with Crippen LogP contribution >= 0.6 is 11.6 Å². The van der Waals surface area contributed by atoms with Crippen molar-refractivity contribution in [1.82, 2.24) is 24.0 Å². The fraction of sp³-hybridized carbons (Fsp3) is 0.286. The van der Waals surface area contributed by atoms with Gasteiger partial charge in [-0.1, -0.05) is 35.8 Å². The Bertz CT molecular complexity index is 1360. The van der Waals surface area contributed by atoms with Gasteiger partial charge in [0.1, 0.15) is 5.82 Å². The number of sulfonamides is 1. The number of rotatable bonds is 8. The molecule has 0 fully saturated rings. The van der Waals surface area contributed by atoms with E-state index in [1.165, 1.54) is 18.4 Å². The molecule has 0 aliphatic heterocycles. The highest BCUT2D eigenvalue weighted by Crippen LogP contribution is 2.27. The Kier molecular flexibility index (Phi) is 6.18. The maximum absolute atomic E-state index is 12.5. The molecule has 0 aliphatic carbocycles. The van der Waals surface area contributed by atoms with Crippen molar-refractivity contribution in [3.63, 3.8) is 0 Å². The number of imidazole rings is 1. The molecule has 11 heteroatoms. The highest BCUT2D eigenvalue weighted by atomic mass is 35.5. The van der Waals surface area contributed by atoms with Crippen LogP contribution in [0.15, 0.2) is 51.9 Å². The molecule has 2 heterocycles. The van der Waals surface area contributed by atoms with Crippen LogP contribution in [0.4, 0.5) is 0 Å². The molecule has 0 unspecified atom stereocenters. The van der Waals surface area contributed by atoms with Crippen LogP contribution in [0, 0.1) is 0 Å². The topological polar surface area (TPSA) is 103 Å². The highest BCUT2D eigenvalue weighted by molar-refractivity contribution is 7.89. The lowest BCUT2D eigenvalue weighted by Gasteiger charge is -2.11. The molecule has 0 bridgehead atoms. The van der Waals surface area contributed by atoms with Crippen LogP contribution in [-0.4, -0.2) is 46.5 Å². The summed E-state index contributed by atoms with van der Waals surface area (Å²) in [6, 6.07) is 12.1. The number of aromatic nitrogens is 4. The molecule has 9 nitrogen and oxygen atoms in total. The number of benzene rings is 2. The molecule has 0 amide bonds. The van der Waals surface area contributed by atoms with E-state index >= 15 is 0 Å². The normalized spacial score (nSPS) is 12.0. The zero-order valence-corrected chi connectivity index (χ0v) is 19.4. The first-order valence-corrected chi connectivity index (χ1v) is 11.8. The minimum absolute atomic E-state index is 0.00843. The maximum Gasteiger partial charge on any atom is 0.418 e. The Balaban J connectivity index is 1.61. The number of halogens is 1. The van der Waals surface area contributed by atoms with Crippen molar-refractivity contribution in [2.24, 2.45) is 0 Å². The van der Waals surface area contributed by atoms with Gasteiger partial charge in [0.2, 0.25) is 15.8 Å². The van der Waals surface area contributed by atoms with E-state index in [4.69, 9.17) is 20.9 Å². The summed E-state index contributed by atoms with van der Waals surface area (Å²) in [4.78, 5) is 9.03. The van der Waals surface area contributed by atoms with E-state index in [0.717, 1.165) is 11.9 Å². The molecule has 0 aliphatic rings. The second kappa shape index (κ2) is 8.89. The van der Waals surface area contributed by atoms with Crippen molar-refractivity contribution in [3.05, 3.63) is 53.3 Å². The molecule has 168 valence electrons. The molecule has 2 aromatic heterocycles. The molecule has 0 spiro atoms. The zero-order chi connectivity index (χ0) is 22.9. The van der Waals surface area contributed by atoms with Gasteiger partial charge in [-0.2, -0.15) is 4.98 Å². The van der Waals surface area contributed by atoms with Gasteiger partial charge in [-0.05, 0) is 36.8 Å². The van der Waals surface area contributed by atoms with Crippen LogP contribution in [0.3, 0.4) is 0 Å². The average Bonchev–Trinajstić information content (AvgIpc) is 3.37. The summed E-state index contributed by atoms with van der Waals surface area (Å²) in [5, 5.41) is 4.43. The van der Waals surface area contributed by atoms with Crippen LogP contribution in [0.25, 0.3) is 22.4 Å². The summed E-state index contributed by atoms with van der Waals surface area (Å²) in [5.74, 6) is 0.949. The number of ether oxygens (including phenoxy) is 1. The van der Waals surface area contributed by atoms with Gasteiger partial charge in [0.15, 0.2) is 6.61 Å². The molecule has 32 heavy (non-hydrogen) atoms. The fourth-order valence-electron chi connectivity index (χ4n) is 3.26. The van der Waals surface area contributed by atoms with Gasteiger partial charge in [0.25, 0.3) is 0 Å². The number of hydrogen-bond donors (Lipinski definition) is 0. The van der Waals surface area contributed by atoms with Gasteiger partial charge in [0, 0.05) is 26.2 Å². The summed E-state index contributed by atoms with van der Waals surface area (Å²) in [6.45, 7) is 2.83. The third-order valence-corrected chi connectivity index (χ3v) is 7.01. The smallest absolute Gasteiger partial charge is 0.418 e. The van der Waals surface area contributed by atoms with Gasteiger partial charge in [-0.15, -0.1) is 0 Å². The summed E-state index contributed by atoms with van der Waals surface area (Å²) < 4.78 is 39.0. The first-order chi connectivity index (χ1) is 15.3. The van der Waals surface area contributed by atoms with Gasteiger partial charge in [-0.25, -0.2) is 17.7 Å². The van der Waals surface area contributed by atoms with E-state index in [9.17, 15) is 8.42 Å². The number of fused-ring (bicyclic) bond motifs is 1. The Morgan fingerprint density at radius 2 is 1.94 bits per heavy atom. The maximum atomic E-state index is 12.5. The van der Waals surface area contributed by atoms with Crippen LogP contribution < -0.4 is 4.74 Å². The highest BCUT2D eigenvalue weighted by Gasteiger charge is 2.20. The lowest BCUT2D eigenvalue weighted by Crippen LogP contribution is -2.22. The molecular formula is C21H22ClN5O4S. The molecular weight excluding hydrogens is 454 g/mol. The molecule has 0 radical (unpaired) electrons. The number of aryl methyl sites for hydroxylation is 1. The second-order valence-electron chi connectivity index (χ2n) is 7.27.